The smallest absolute Gasteiger partial charge is 0.160 e. The molecule has 0 radical (unpaired) electrons. The van der Waals surface area contributed by atoms with Crippen LogP contribution in [0.2, 0.25) is 0 Å². The van der Waals surface area contributed by atoms with E-state index in [1.807, 2.05) is 6.26 Å². The Morgan fingerprint density at radius 1 is 1.70 bits per heavy atom. The number of rotatable bonds is 3. The number of nitrogens with zero attached hydrogens (tertiary/aromatic N) is 2. The standard InChI is InChI=1S/C5H8ClN3S/c1-10-3-5-7-4(2-6)8-9-5/h2-3H2,1H3,(H,7,8,9). The van der Waals surface area contributed by atoms with Gasteiger partial charge in [0.15, 0.2) is 5.82 Å². The van der Waals surface area contributed by atoms with E-state index in [9.17, 15) is 0 Å². The van der Waals surface area contributed by atoms with E-state index in [1.165, 1.54) is 0 Å². The molecule has 0 aliphatic rings. The molecule has 1 heterocycles. The third-order valence-corrected chi connectivity index (χ3v) is 1.78. The zero-order chi connectivity index (χ0) is 7.40. The number of aromatic nitrogens is 3. The number of H-pyrrole nitrogens is 1. The molecule has 5 heteroatoms. The van der Waals surface area contributed by atoms with Crippen molar-refractivity contribution in [3.63, 3.8) is 0 Å². The lowest BCUT2D eigenvalue weighted by Crippen LogP contribution is -1.82. The molecule has 3 nitrogen and oxygen atoms in total. The molecule has 0 aromatic carbocycles. The molecular weight excluding hydrogens is 170 g/mol. The van der Waals surface area contributed by atoms with E-state index in [0.717, 1.165) is 17.4 Å². The first-order valence-electron chi connectivity index (χ1n) is 2.82. The molecule has 0 amide bonds. The Labute approximate surface area is 68.6 Å². The summed E-state index contributed by atoms with van der Waals surface area (Å²) in [5.74, 6) is 2.81. The molecule has 0 saturated heterocycles. The first-order valence-corrected chi connectivity index (χ1v) is 4.74. The van der Waals surface area contributed by atoms with Crippen LogP contribution in [0.4, 0.5) is 0 Å². The number of halogens is 1. The van der Waals surface area contributed by atoms with E-state index < -0.39 is 0 Å². The molecule has 1 aromatic rings. The van der Waals surface area contributed by atoms with Crippen LogP contribution in [0.1, 0.15) is 11.6 Å². The van der Waals surface area contributed by atoms with Crippen molar-refractivity contribution in [1.82, 2.24) is 15.2 Å². The summed E-state index contributed by atoms with van der Waals surface area (Å²) in [4.78, 5) is 4.10. The fraction of sp³-hybridized carbons (Fsp3) is 0.600. The molecule has 1 N–H and O–H groups in total. The molecular formula is C5H8ClN3S. The van der Waals surface area contributed by atoms with Crippen LogP contribution < -0.4 is 0 Å². The topological polar surface area (TPSA) is 41.6 Å². The van der Waals surface area contributed by atoms with Crippen molar-refractivity contribution in [3.8, 4) is 0 Å². The van der Waals surface area contributed by atoms with E-state index in [4.69, 9.17) is 11.6 Å². The lowest BCUT2D eigenvalue weighted by Gasteiger charge is -1.84. The third-order valence-electron chi connectivity index (χ3n) is 0.978. The Bertz CT molecular complexity index is 201. The summed E-state index contributed by atoms with van der Waals surface area (Å²) >= 11 is 7.19. The SMILES string of the molecule is CSCc1n[nH]c(CCl)n1. The van der Waals surface area contributed by atoms with Gasteiger partial charge >= 0.3 is 0 Å². The van der Waals surface area contributed by atoms with Crippen molar-refractivity contribution in [2.45, 2.75) is 11.6 Å². The summed E-state index contributed by atoms with van der Waals surface area (Å²) in [5, 5.41) is 6.67. The summed E-state index contributed by atoms with van der Waals surface area (Å²) in [6.45, 7) is 0. The van der Waals surface area contributed by atoms with Gasteiger partial charge in [-0.25, -0.2) is 4.98 Å². The predicted octanol–water partition coefficient (Wildman–Crippen LogP) is 1.41. The quantitative estimate of drug-likeness (QED) is 0.710. The molecule has 0 bridgehead atoms. The summed E-state index contributed by atoms with van der Waals surface area (Å²) < 4.78 is 0. The second-order valence-electron chi connectivity index (χ2n) is 1.76. The summed E-state index contributed by atoms with van der Waals surface area (Å²) in [6, 6.07) is 0. The Kier molecular flexibility index (Phi) is 3.02. The van der Waals surface area contributed by atoms with Crippen LogP contribution >= 0.6 is 23.4 Å². The summed E-state index contributed by atoms with van der Waals surface area (Å²) in [7, 11) is 0. The Morgan fingerprint density at radius 2 is 2.50 bits per heavy atom. The average molecular weight is 178 g/mol. The second-order valence-corrected chi connectivity index (χ2v) is 2.90. The van der Waals surface area contributed by atoms with Gasteiger partial charge in [0.2, 0.25) is 0 Å². The molecule has 1 rings (SSSR count). The van der Waals surface area contributed by atoms with E-state index >= 15 is 0 Å². The Hall–Kier alpha value is -0.220. The number of hydrogen-bond acceptors (Lipinski definition) is 3. The first kappa shape index (κ1) is 7.88. The third kappa shape index (κ3) is 1.88. The van der Waals surface area contributed by atoms with Crippen molar-refractivity contribution in [1.29, 1.82) is 0 Å². The molecule has 10 heavy (non-hydrogen) atoms. The van der Waals surface area contributed by atoms with Crippen molar-refractivity contribution in [2.75, 3.05) is 6.26 Å². The number of thioether (sulfide) groups is 1. The monoisotopic (exact) mass is 177 g/mol. The highest BCUT2D eigenvalue weighted by Crippen LogP contribution is 2.03. The largest absolute Gasteiger partial charge is 0.262 e. The van der Waals surface area contributed by atoms with Crippen molar-refractivity contribution >= 4 is 23.4 Å². The van der Waals surface area contributed by atoms with Gasteiger partial charge in [0.1, 0.15) is 5.82 Å². The Balaban J connectivity index is 2.59. The van der Waals surface area contributed by atoms with Gasteiger partial charge in [-0.05, 0) is 6.26 Å². The van der Waals surface area contributed by atoms with Crippen LogP contribution in [0.3, 0.4) is 0 Å². The maximum Gasteiger partial charge on any atom is 0.160 e. The van der Waals surface area contributed by atoms with E-state index in [0.29, 0.717) is 5.88 Å². The highest BCUT2D eigenvalue weighted by Gasteiger charge is 1.98. The highest BCUT2D eigenvalue weighted by molar-refractivity contribution is 7.97. The van der Waals surface area contributed by atoms with Gasteiger partial charge in [-0.15, -0.1) is 11.6 Å². The number of hydrogen-bond donors (Lipinski definition) is 1. The van der Waals surface area contributed by atoms with Crippen LogP contribution in [0.25, 0.3) is 0 Å². The number of nitrogens with one attached hydrogen (secondary N) is 1. The molecule has 0 spiro atoms. The zero-order valence-corrected chi connectivity index (χ0v) is 7.17. The highest BCUT2D eigenvalue weighted by atomic mass is 35.5. The lowest BCUT2D eigenvalue weighted by molar-refractivity contribution is 1.00. The van der Waals surface area contributed by atoms with Crippen LogP contribution in [0.15, 0.2) is 0 Å². The van der Waals surface area contributed by atoms with Crippen LogP contribution in [-0.4, -0.2) is 21.4 Å². The van der Waals surface area contributed by atoms with Gasteiger partial charge in [0, 0.05) is 0 Å². The fourth-order valence-corrected chi connectivity index (χ4v) is 1.10. The zero-order valence-electron chi connectivity index (χ0n) is 5.59. The second kappa shape index (κ2) is 3.83. The predicted molar refractivity (Wildman–Crippen MR) is 43.2 cm³/mol. The van der Waals surface area contributed by atoms with Gasteiger partial charge < -0.3 is 0 Å². The maximum atomic E-state index is 5.50. The van der Waals surface area contributed by atoms with Crippen LogP contribution in [-0.2, 0) is 11.6 Å². The van der Waals surface area contributed by atoms with E-state index in [-0.39, 0.29) is 0 Å². The van der Waals surface area contributed by atoms with Crippen molar-refractivity contribution in [2.24, 2.45) is 0 Å². The molecule has 0 aliphatic carbocycles. The van der Waals surface area contributed by atoms with Gasteiger partial charge in [0.05, 0.1) is 11.6 Å². The van der Waals surface area contributed by atoms with Crippen molar-refractivity contribution < 1.29 is 0 Å². The summed E-state index contributed by atoms with van der Waals surface area (Å²) in [6.07, 6.45) is 2.01. The number of alkyl halides is 1. The normalized spacial score (nSPS) is 10.2. The van der Waals surface area contributed by atoms with Gasteiger partial charge in [-0.3, -0.25) is 5.10 Å². The van der Waals surface area contributed by atoms with Gasteiger partial charge in [0.25, 0.3) is 0 Å². The molecule has 0 aliphatic heterocycles. The summed E-state index contributed by atoms with van der Waals surface area (Å²) in [5.41, 5.74) is 0. The average Bonchev–Trinajstić information content (AvgIpc) is 2.37. The number of aromatic amines is 1. The first-order chi connectivity index (χ1) is 4.86. The van der Waals surface area contributed by atoms with Crippen LogP contribution in [0, 0.1) is 0 Å². The molecule has 0 fully saturated rings. The minimum Gasteiger partial charge on any atom is -0.262 e. The molecule has 1 aromatic heterocycles. The molecule has 56 valence electrons. The van der Waals surface area contributed by atoms with Gasteiger partial charge in [-0.2, -0.15) is 16.9 Å². The minimum atomic E-state index is 0.404. The van der Waals surface area contributed by atoms with Crippen LogP contribution in [0.5, 0.6) is 0 Å². The lowest BCUT2D eigenvalue weighted by atomic mass is 10.7. The molecule has 0 atom stereocenters. The molecule has 0 unspecified atom stereocenters. The minimum absolute atomic E-state index is 0.404. The van der Waals surface area contributed by atoms with Crippen molar-refractivity contribution in [3.05, 3.63) is 11.6 Å². The Morgan fingerprint density at radius 3 is 3.00 bits per heavy atom. The maximum absolute atomic E-state index is 5.50. The fourth-order valence-electron chi connectivity index (χ4n) is 0.588. The molecule has 0 saturated carbocycles. The van der Waals surface area contributed by atoms with Gasteiger partial charge in [-0.1, -0.05) is 0 Å². The van der Waals surface area contributed by atoms with E-state index in [2.05, 4.69) is 15.2 Å². The van der Waals surface area contributed by atoms with E-state index in [1.54, 1.807) is 11.8 Å².